The van der Waals surface area contributed by atoms with Crippen molar-refractivity contribution < 1.29 is 19.1 Å². The lowest BCUT2D eigenvalue weighted by atomic mass is 10.0. The second-order valence-corrected chi connectivity index (χ2v) is 8.50. The van der Waals surface area contributed by atoms with Gasteiger partial charge in [0, 0.05) is 10.6 Å². The first kappa shape index (κ1) is 24.9. The zero-order valence-electron chi connectivity index (χ0n) is 17.7. The monoisotopic (exact) mass is 557 g/mol. The first-order valence-corrected chi connectivity index (χ1v) is 11.1. The van der Waals surface area contributed by atoms with Gasteiger partial charge in [-0.2, -0.15) is 5.10 Å². The molecule has 0 bridgehead atoms. The Balaban J connectivity index is 2.07. The van der Waals surface area contributed by atoms with Crippen LogP contribution in [0.2, 0.25) is 5.02 Å². The van der Waals surface area contributed by atoms with Crippen LogP contribution in [0.15, 0.2) is 41.5 Å². The molecule has 7 nitrogen and oxygen atoms in total. The van der Waals surface area contributed by atoms with E-state index in [-0.39, 0.29) is 11.8 Å². The maximum Gasteiger partial charge on any atom is 0.262 e. The first-order valence-electron chi connectivity index (χ1n) is 9.66. The Morgan fingerprint density at radius 3 is 2.48 bits per heavy atom. The van der Waals surface area contributed by atoms with E-state index in [1.807, 2.05) is 26.8 Å². The molecule has 0 saturated heterocycles. The van der Waals surface area contributed by atoms with Gasteiger partial charge in [0.1, 0.15) is 6.04 Å². The number of rotatable bonds is 9. The lowest BCUT2D eigenvalue weighted by Crippen LogP contribution is -2.48. The van der Waals surface area contributed by atoms with E-state index in [1.165, 1.54) is 6.21 Å². The van der Waals surface area contributed by atoms with Crippen LogP contribution in [0.25, 0.3) is 0 Å². The fraction of sp³-hybridized carbons (Fsp3) is 0.318. The molecule has 0 radical (unpaired) electrons. The lowest BCUT2D eigenvalue weighted by Gasteiger charge is -2.20. The number of nitrogens with one attached hydrogen (secondary N) is 2. The van der Waals surface area contributed by atoms with Crippen LogP contribution in [-0.4, -0.2) is 37.8 Å². The number of ether oxygens (including phenoxy) is 2. The Morgan fingerprint density at radius 2 is 1.90 bits per heavy atom. The van der Waals surface area contributed by atoms with Crippen molar-refractivity contribution in [2.24, 2.45) is 11.0 Å². The third kappa shape index (κ3) is 7.10. The number of carbonyl (C=O) groups is 2. The topological polar surface area (TPSA) is 89.0 Å². The minimum atomic E-state index is -0.754. The molecule has 2 aromatic rings. The fourth-order valence-corrected chi connectivity index (χ4v) is 3.61. The summed E-state index contributed by atoms with van der Waals surface area (Å²) in [6.07, 6.45) is 1.51. The van der Waals surface area contributed by atoms with Gasteiger partial charge in [-0.3, -0.25) is 9.59 Å². The van der Waals surface area contributed by atoms with E-state index in [9.17, 15) is 9.59 Å². The van der Waals surface area contributed by atoms with Crippen LogP contribution in [0.1, 0.15) is 36.7 Å². The average molecular weight is 558 g/mol. The number of benzene rings is 2. The smallest absolute Gasteiger partial charge is 0.262 e. The highest BCUT2D eigenvalue weighted by molar-refractivity contribution is 14.1. The number of amides is 2. The van der Waals surface area contributed by atoms with Crippen LogP contribution in [0.3, 0.4) is 0 Å². The highest BCUT2D eigenvalue weighted by Crippen LogP contribution is 2.33. The molecule has 1 unspecified atom stereocenters. The van der Waals surface area contributed by atoms with Crippen LogP contribution in [0.4, 0.5) is 0 Å². The zero-order valence-corrected chi connectivity index (χ0v) is 20.7. The van der Waals surface area contributed by atoms with Crippen molar-refractivity contribution in [1.29, 1.82) is 0 Å². The van der Waals surface area contributed by atoms with E-state index in [1.54, 1.807) is 37.4 Å². The van der Waals surface area contributed by atoms with E-state index in [4.69, 9.17) is 21.1 Å². The molecule has 31 heavy (non-hydrogen) atoms. The maximum atomic E-state index is 12.6. The summed E-state index contributed by atoms with van der Waals surface area (Å²) < 4.78 is 11.8. The van der Waals surface area contributed by atoms with E-state index in [0.29, 0.717) is 28.7 Å². The summed E-state index contributed by atoms with van der Waals surface area (Å²) in [5.74, 6) is 0.327. The summed E-state index contributed by atoms with van der Waals surface area (Å²) in [7, 11) is 1.56. The molecular weight excluding hydrogens is 533 g/mol. The van der Waals surface area contributed by atoms with Gasteiger partial charge in [-0.1, -0.05) is 25.4 Å². The van der Waals surface area contributed by atoms with Crippen LogP contribution in [0.5, 0.6) is 11.5 Å². The van der Waals surface area contributed by atoms with E-state index in [2.05, 4.69) is 38.4 Å². The highest BCUT2D eigenvalue weighted by Gasteiger charge is 2.24. The van der Waals surface area contributed by atoms with Crippen molar-refractivity contribution in [3.05, 3.63) is 56.1 Å². The molecule has 0 heterocycles. The van der Waals surface area contributed by atoms with Gasteiger partial charge >= 0.3 is 0 Å². The van der Waals surface area contributed by atoms with Crippen molar-refractivity contribution in [3.63, 3.8) is 0 Å². The predicted octanol–water partition coefficient (Wildman–Crippen LogP) is 4.26. The minimum absolute atomic E-state index is 0.141. The Bertz CT molecular complexity index is 949. The third-order valence-electron chi connectivity index (χ3n) is 4.27. The summed E-state index contributed by atoms with van der Waals surface area (Å²) in [5, 5.41) is 7.31. The van der Waals surface area contributed by atoms with Crippen LogP contribution in [0, 0.1) is 9.49 Å². The van der Waals surface area contributed by atoms with Crippen molar-refractivity contribution in [1.82, 2.24) is 10.7 Å². The predicted molar refractivity (Wildman–Crippen MR) is 130 cm³/mol. The van der Waals surface area contributed by atoms with Gasteiger partial charge in [0.2, 0.25) is 0 Å². The van der Waals surface area contributed by atoms with Crippen molar-refractivity contribution in [2.75, 3.05) is 13.7 Å². The van der Waals surface area contributed by atoms with Gasteiger partial charge in [-0.15, -0.1) is 0 Å². The molecule has 0 spiro atoms. The summed E-state index contributed by atoms with van der Waals surface area (Å²) in [4.78, 5) is 25.1. The van der Waals surface area contributed by atoms with Crippen LogP contribution < -0.4 is 20.2 Å². The summed E-state index contributed by atoms with van der Waals surface area (Å²) in [6.45, 7) is 6.11. The number of hydrogen-bond acceptors (Lipinski definition) is 5. The second kappa shape index (κ2) is 11.9. The van der Waals surface area contributed by atoms with Gasteiger partial charge in [-0.25, -0.2) is 5.43 Å². The summed E-state index contributed by atoms with van der Waals surface area (Å²) in [6, 6.07) is 9.33. The molecule has 0 aliphatic carbocycles. The molecule has 0 aromatic heterocycles. The van der Waals surface area contributed by atoms with Gasteiger partial charge < -0.3 is 14.8 Å². The zero-order chi connectivity index (χ0) is 23.0. The molecule has 0 fully saturated rings. The van der Waals surface area contributed by atoms with Crippen molar-refractivity contribution in [2.45, 2.75) is 26.8 Å². The number of carbonyl (C=O) groups excluding carboxylic acids is 2. The molecule has 2 aromatic carbocycles. The van der Waals surface area contributed by atoms with Gasteiger partial charge in [0.25, 0.3) is 11.8 Å². The van der Waals surface area contributed by atoms with E-state index < -0.39 is 11.9 Å². The quantitative estimate of drug-likeness (QED) is 0.274. The third-order valence-corrected chi connectivity index (χ3v) is 5.32. The van der Waals surface area contributed by atoms with Crippen LogP contribution >= 0.6 is 34.2 Å². The minimum Gasteiger partial charge on any atom is -0.493 e. The molecule has 2 rings (SSSR count). The largest absolute Gasteiger partial charge is 0.493 e. The Morgan fingerprint density at radius 1 is 1.23 bits per heavy atom. The second-order valence-electron chi connectivity index (χ2n) is 6.90. The molecule has 2 N–H and O–H groups in total. The first-order chi connectivity index (χ1) is 14.8. The molecule has 1 atom stereocenters. The molecule has 166 valence electrons. The van der Waals surface area contributed by atoms with Crippen molar-refractivity contribution >= 4 is 52.2 Å². The lowest BCUT2D eigenvalue weighted by molar-refractivity contribution is -0.123. The number of hydrazone groups is 1. The number of methoxy groups -OCH3 is 1. The summed E-state index contributed by atoms with van der Waals surface area (Å²) in [5.41, 5.74) is 3.65. The van der Waals surface area contributed by atoms with Crippen LogP contribution in [-0.2, 0) is 4.79 Å². The SMILES string of the molecule is CCOc1c(I)cc(C=NNC(=O)C(NC(=O)c2ccc(Cl)cc2)C(C)C)cc1OC. The van der Waals surface area contributed by atoms with Gasteiger partial charge in [0.15, 0.2) is 11.5 Å². The van der Waals surface area contributed by atoms with Crippen molar-refractivity contribution in [3.8, 4) is 11.5 Å². The standard InChI is InChI=1S/C22H25ClIN3O4/c1-5-31-20-17(24)10-14(11-18(20)30-4)12-25-27-22(29)19(13(2)3)26-21(28)15-6-8-16(23)9-7-15/h6-13,19H,5H2,1-4H3,(H,26,28)(H,27,29). The number of nitrogens with zero attached hydrogens (tertiary/aromatic N) is 1. The maximum absolute atomic E-state index is 12.6. The molecule has 0 aliphatic heterocycles. The fourth-order valence-electron chi connectivity index (χ4n) is 2.70. The Kier molecular flexibility index (Phi) is 9.57. The Labute approximate surface area is 200 Å². The van der Waals surface area contributed by atoms with Gasteiger partial charge in [-0.05, 0) is 77.4 Å². The highest BCUT2D eigenvalue weighted by atomic mass is 127. The van der Waals surface area contributed by atoms with E-state index >= 15 is 0 Å². The Hall–Kier alpha value is -2.33. The average Bonchev–Trinajstić information content (AvgIpc) is 2.73. The normalized spacial score (nSPS) is 12.0. The van der Waals surface area contributed by atoms with Gasteiger partial charge in [0.05, 0.1) is 23.5 Å². The molecule has 2 amide bonds. The molecule has 9 heteroatoms. The molecular formula is C22H25ClIN3O4. The summed E-state index contributed by atoms with van der Waals surface area (Å²) >= 11 is 8.01. The molecule has 0 aliphatic rings. The number of hydrogen-bond donors (Lipinski definition) is 2. The van der Waals surface area contributed by atoms with E-state index in [0.717, 1.165) is 9.13 Å². The molecule has 0 saturated carbocycles. The number of halogens is 2.